The zero-order valence-electron chi connectivity index (χ0n) is 15.6. The van der Waals surface area contributed by atoms with Crippen LogP contribution in [0.1, 0.15) is 28.2 Å². The summed E-state index contributed by atoms with van der Waals surface area (Å²) in [6.45, 7) is 1.10. The molecule has 4 nitrogen and oxygen atoms in total. The first kappa shape index (κ1) is 18.0. The second kappa shape index (κ2) is 8.53. The average Bonchev–Trinajstić information content (AvgIpc) is 3.18. The lowest BCUT2D eigenvalue weighted by Crippen LogP contribution is -2.31. The summed E-state index contributed by atoms with van der Waals surface area (Å²) in [4.78, 5) is 19.4. The highest BCUT2D eigenvalue weighted by atomic mass is 16.3. The second-order valence-electron chi connectivity index (χ2n) is 6.79. The maximum atomic E-state index is 13.2. The maximum Gasteiger partial charge on any atom is 0.289 e. The highest BCUT2D eigenvalue weighted by Crippen LogP contribution is 2.21. The summed E-state index contributed by atoms with van der Waals surface area (Å²) in [7, 11) is 0. The van der Waals surface area contributed by atoms with Gasteiger partial charge in [0.1, 0.15) is 5.58 Å². The van der Waals surface area contributed by atoms with Crippen molar-refractivity contribution in [2.24, 2.45) is 0 Å². The summed E-state index contributed by atoms with van der Waals surface area (Å²) < 4.78 is 5.80. The Labute approximate surface area is 164 Å². The van der Waals surface area contributed by atoms with Crippen LogP contribution in [0.25, 0.3) is 11.0 Å². The van der Waals surface area contributed by atoms with Crippen LogP contribution in [-0.4, -0.2) is 22.3 Å². The van der Waals surface area contributed by atoms with E-state index in [1.165, 1.54) is 5.56 Å². The number of hydrogen-bond acceptors (Lipinski definition) is 3. The van der Waals surface area contributed by atoms with E-state index in [-0.39, 0.29) is 5.91 Å². The predicted octanol–water partition coefficient (Wildman–Crippen LogP) is 5.10. The number of benzene rings is 2. The molecular formula is C24H22N2O2. The molecule has 0 fully saturated rings. The lowest BCUT2D eigenvalue weighted by atomic mass is 10.1. The minimum absolute atomic E-state index is 0.102. The van der Waals surface area contributed by atoms with Gasteiger partial charge in [0.05, 0.1) is 12.2 Å². The Morgan fingerprint density at radius 2 is 1.71 bits per heavy atom. The lowest BCUT2D eigenvalue weighted by molar-refractivity contribution is 0.0709. The number of nitrogens with zero attached hydrogens (tertiary/aromatic N) is 2. The first-order valence-corrected chi connectivity index (χ1v) is 9.51. The van der Waals surface area contributed by atoms with Gasteiger partial charge in [-0.1, -0.05) is 54.6 Å². The van der Waals surface area contributed by atoms with Gasteiger partial charge in [-0.15, -0.1) is 0 Å². The number of carbonyl (C=O) groups is 1. The van der Waals surface area contributed by atoms with Crippen molar-refractivity contribution in [2.45, 2.75) is 19.4 Å². The third-order valence-corrected chi connectivity index (χ3v) is 4.74. The van der Waals surface area contributed by atoms with Crippen LogP contribution in [0.5, 0.6) is 0 Å². The minimum atomic E-state index is -0.102. The Morgan fingerprint density at radius 3 is 2.50 bits per heavy atom. The third-order valence-electron chi connectivity index (χ3n) is 4.74. The van der Waals surface area contributed by atoms with E-state index in [1.807, 2.05) is 71.6 Å². The van der Waals surface area contributed by atoms with Gasteiger partial charge in [0, 0.05) is 18.1 Å². The fourth-order valence-corrected chi connectivity index (χ4v) is 3.30. The first-order valence-electron chi connectivity index (χ1n) is 9.51. The number of furan rings is 1. The number of fused-ring (bicyclic) bond motifs is 1. The topological polar surface area (TPSA) is 46.3 Å². The van der Waals surface area contributed by atoms with Crippen LogP contribution >= 0.6 is 0 Å². The molecule has 0 saturated heterocycles. The Kier molecular flexibility index (Phi) is 5.48. The van der Waals surface area contributed by atoms with Crippen molar-refractivity contribution in [1.29, 1.82) is 0 Å². The van der Waals surface area contributed by atoms with E-state index in [0.29, 0.717) is 18.8 Å². The smallest absolute Gasteiger partial charge is 0.289 e. The minimum Gasteiger partial charge on any atom is -0.451 e. The molecule has 0 spiro atoms. The van der Waals surface area contributed by atoms with Gasteiger partial charge in [-0.3, -0.25) is 9.78 Å². The predicted molar refractivity (Wildman–Crippen MR) is 110 cm³/mol. The molecule has 28 heavy (non-hydrogen) atoms. The average molecular weight is 370 g/mol. The van der Waals surface area contributed by atoms with E-state index in [0.717, 1.165) is 29.5 Å². The molecule has 140 valence electrons. The van der Waals surface area contributed by atoms with E-state index in [2.05, 4.69) is 17.1 Å². The van der Waals surface area contributed by atoms with Crippen molar-refractivity contribution >= 4 is 16.9 Å². The van der Waals surface area contributed by atoms with Gasteiger partial charge >= 0.3 is 0 Å². The molecule has 0 unspecified atom stereocenters. The molecule has 2 aromatic heterocycles. The molecule has 0 saturated carbocycles. The van der Waals surface area contributed by atoms with Crippen molar-refractivity contribution < 1.29 is 9.21 Å². The van der Waals surface area contributed by atoms with Gasteiger partial charge in [0.15, 0.2) is 5.76 Å². The first-order chi connectivity index (χ1) is 13.8. The Bertz CT molecular complexity index is 1010. The van der Waals surface area contributed by atoms with E-state index in [9.17, 15) is 4.79 Å². The molecule has 0 aliphatic carbocycles. The zero-order valence-corrected chi connectivity index (χ0v) is 15.6. The van der Waals surface area contributed by atoms with E-state index >= 15 is 0 Å². The molecule has 0 atom stereocenters. The number of carbonyl (C=O) groups excluding carboxylic acids is 1. The monoisotopic (exact) mass is 370 g/mol. The number of aryl methyl sites for hydroxylation is 1. The molecule has 1 amide bonds. The fraction of sp³-hybridized carbons (Fsp3) is 0.167. The van der Waals surface area contributed by atoms with E-state index < -0.39 is 0 Å². The SMILES string of the molecule is O=C(c1cc2ccccc2o1)N(CCCc1ccccc1)Cc1ccccn1. The van der Waals surface area contributed by atoms with Crippen LogP contribution in [0.2, 0.25) is 0 Å². The van der Waals surface area contributed by atoms with Gasteiger partial charge in [-0.05, 0) is 42.7 Å². The molecular weight excluding hydrogens is 348 g/mol. The number of rotatable bonds is 7. The highest BCUT2D eigenvalue weighted by molar-refractivity contribution is 5.96. The molecule has 4 rings (SSSR count). The molecule has 4 aromatic rings. The van der Waals surface area contributed by atoms with Crippen LogP contribution in [0.3, 0.4) is 0 Å². The third kappa shape index (κ3) is 4.29. The summed E-state index contributed by atoms with van der Waals surface area (Å²) in [6, 6.07) is 25.6. The summed E-state index contributed by atoms with van der Waals surface area (Å²) in [6.07, 6.45) is 3.55. The van der Waals surface area contributed by atoms with Crippen molar-refractivity contribution in [3.05, 3.63) is 102 Å². The summed E-state index contributed by atoms with van der Waals surface area (Å²) in [5.74, 6) is 0.270. The molecule has 0 N–H and O–H groups in total. The molecule has 0 aliphatic heterocycles. The highest BCUT2D eigenvalue weighted by Gasteiger charge is 2.20. The van der Waals surface area contributed by atoms with Gasteiger partial charge in [0.25, 0.3) is 5.91 Å². The second-order valence-corrected chi connectivity index (χ2v) is 6.79. The van der Waals surface area contributed by atoms with Crippen LogP contribution < -0.4 is 0 Å². The van der Waals surface area contributed by atoms with Crippen molar-refractivity contribution in [3.63, 3.8) is 0 Å². The lowest BCUT2D eigenvalue weighted by Gasteiger charge is -2.21. The Morgan fingerprint density at radius 1 is 0.929 bits per heavy atom. The molecule has 2 heterocycles. The van der Waals surface area contributed by atoms with Crippen LogP contribution in [-0.2, 0) is 13.0 Å². The van der Waals surface area contributed by atoms with Crippen molar-refractivity contribution in [2.75, 3.05) is 6.54 Å². The Balaban J connectivity index is 1.51. The molecule has 0 bridgehead atoms. The number of hydrogen-bond donors (Lipinski definition) is 0. The molecule has 0 radical (unpaired) electrons. The number of amides is 1. The molecule has 0 aliphatic rings. The van der Waals surface area contributed by atoms with Crippen molar-refractivity contribution in [3.8, 4) is 0 Å². The summed E-state index contributed by atoms with van der Waals surface area (Å²) >= 11 is 0. The van der Waals surface area contributed by atoms with Crippen LogP contribution in [0.15, 0.2) is 89.5 Å². The van der Waals surface area contributed by atoms with Crippen molar-refractivity contribution in [1.82, 2.24) is 9.88 Å². The summed E-state index contributed by atoms with van der Waals surface area (Å²) in [5, 5.41) is 0.938. The van der Waals surface area contributed by atoms with Crippen LogP contribution in [0, 0.1) is 0 Å². The fourth-order valence-electron chi connectivity index (χ4n) is 3.30. The number of pyridine rings is 1. The molecule has 2 aromatic carbocycles. The summed E-state index contributed by atoms with van der Waals surface area (Å²) in [5.41, 5.74) is 2.87. The van der Waals surface area contributed by atoms with Gasteiger partial charge in [0.2, 0.25) is 0 Å². The largest absolute Gasteiger partial charge is 0.451 e. The number of aromatic nitrogens is 1. The van der Waals surface area contributed by atoms with Gasteiger partial charge < -0.3 is 9.32 Å². The van der Waals surface area contributed by atoms with E-state index in [1.54, 1.807) is 6.20 Å². The zero-order chi connectivity index (χ0) is 19.2. The quantitative estimate of drug-likeness (QED) is 0.454. The molecule has 4 heteroatoms. The number of para-hydroxylation sites is 1. The normalized spacial score (nSPS) is 10.9. The maximum absolute atomic E-state index is 13.2. The van der Waals surface area contributed by atoms with Gasteiger partial charge in [-0.2, -0.15) is 0 Å². The Hall–Kier alpha value is -3.40. The standard InChI is InChI=1S/C24H22N2O2/c27-24(23-17-20-12-4-5-14-22(20)28-23)26(18-21-13-6-7-15-25-21)16-8-11-19-9-2-1-3-10-19/h1-7,9-10,12-15,17H,8,11,16,18H2. The van der Waals surface area contributed by atoms with Crippen LogP contribution in [0.4, 0.5) is 0 Å². The van der Waals surface area contributed by atoms with E-state index in [4.69, 9.17) is 4.42 Å². The van der Waals surface area contributed by atoms with Gasteiger partial charge in [-0.25, -0.2) is 0 Å².